The lowest BCUT2D eigenvalue weighted by Gasteiger charge is -2.10. The molecule has 0 bridgehead atoms. The van der Waals surface area contributed by atoms with Gasteiger partial charge < -0.3 is 15.4 Å². The van der Waals surface area contributed by atoms with E-state index in [1.54, 1.807) is 48.5 Å². The van der Waals surface area contributed by atoms with Crippen LogP contribution in [0.15, 0.2) is 78.9 Å². The highest BCUT2D eigenvalue weighted by molar-refractivity contribution is 6.04. The molecule has 0 heterocycles. The summed E-state index contributed by atoms with van der Waals surface area (Å²) < 4.78 is 5.53. The SMILES string of the molecule is Cc1cccc(NC(=O)COc2cccc(NC(=O)c3ccccc3)c2)c1. The van der Waals surface area contributed by atoms with Gasteiger partial charge in [0.1, 0.15) is 5.75 Å². The average molecular weight is 360 g/mol. The average Bonchev–Trinajstić information content (AvgIpc) is 2.67. The Hall–Kier alpha value is -3.60. The van der Waals surface area contributed by atoms with Crippen LogP contribution in [0.2, 0.25) is 0 Å². The lowest BCUT2D eigenvalue weighted by atomic mass is 10.2. The predicted molar refractivity (Wildman–Crippen MR) is 106 cm³/mol. The maximum absolute atomic E-state index is 12.2. The van der Waals surface area contributed by atoms with Gasteiger partial charge in [-0.1, -0.05) is 36.4 Å². The zero-order valence-corrected chi connectivity index (χ0v) is 14.9. The van der Waals surface area contributed by atoms with E-state index in [0.717, 1.165) is 11.3 Å². The Morgan fingerprint density at radius 3 is 2.26 bits per heavy atom. The first-order chi connectivity index (χ1) is 13.1. The number of rotatable bonds is 6. The molecule has 0 spiro atoms. The van der Waals surface area contributed by atoms with Crippen LogP contribution in [-0.4, -0.2) is 18.4 Å². The Kier molecular flexibility index (Phi) is 5.84. The summed E-state index contributed by atoms with van der Waals surface area (Å²) in [4.78, 5) is 24.2. The molecule has 0 aromatic heterocycles. The number of ether oxygens (including phenoxy) is 1. The Balaban J connectivity index is 1.56. The third-order valence-electron chi connectivity index (χ3n) is 3.80. The fourth-order valence-electron chi connectivity index (χ4n) is 2.53. The molecule has 0 radical (unpaired) electrons. The normalized spacial score (nSPS) is 10.1. The Labute approximate surface area is 158 Å². The Morgan fingerprint density at radius 2 is 1.52 bits per heavy atom. The van der Waals surface area contributed by atoms with Crippen molar-refractivity contribution in [3.05, 3.63) is 90.0 Å². The van der Waals surface area contributed by atoms with Crippen molar-refractivity contribution in [2.45, 2.75) is 6.92 Å². The second-order valence-electron chi connectivity index (χ2n) is 6.05. The maximum atomic E-state index is 12.2. The van der Waals surface area contributed by atoms with Crippen molar-refractivity contribution in [3.63, 3.8) is 0 Å². The molecule has 5 heteroatoms. The molecule has 27 heavy (non-hydrogen) atoms. The second-order valence-corrected chi connectivity index (χ2v) is 6.05. The van der Waals surface area contributed by atoms with Crippen LogP contribution in [0, 0.1) is 6.92 Å². The first-order valence-electron chi connectivity index (χ1n) is 8.56. The van der Waals surface area contributed by atoms with Crippen molar-refractivity contribution < 1.29 is 14.3 Å². The molecule has 0 aliphatic carbocycles. The van der Waals surface area contributed by atoms with Gasteiger partial charge in [0.05, 0.1) is 0 Å². The molecule has 5 nitrogen and oxygen atoms in total. The number of hydrogen-bond acceptors (Lipinski definition) is 3. The van der Waals surface area contributed by atoms with Crippen molar-refractivity contribution in [3.8, 4) is 5.75 Å². The molecule has 2 N–H and O–H groups in total. The van der Waals surface area contributed by atoms with Crippen molar-refractivity contribution in [1.29, 1.82) is 0 Å². The number of benzene rings is 3. The number of hydrogen-bond donors (Lipinski definition) is 2. The number of anilines is 2. The molecule has 0 atom stereocenters. The molecule has 0 unspecified atom stereocenters. The summed E-state index contributed by atoms with van der Waals surface area (Å²) in [6.07, 6.45) is 0. The molecule has 0 fully saturated rings. The van der Waals surface area contributed by atoms with Crippen LogP contribution in [0.5, 0.6) is 5.75 Å². The van der Waals surface area contributed by atoms with E-state index < -0.39 is 0 Å². The summed E-state index contributed by atoms with van der Waals surface area (Å²) in [6.45, 7) is 1.84. The molecule has 3 aromatic rings. The van der Waals surface area contributed by atoms with Crippen molar-refractivity contribution >= 4 is 23.2 Å². The monoisotopic (exact) mass is 360 g/mol. The van der Waals surface area contributed by atoms with Gasteiger partial charge in [0.2, 0.25) is 0 Å². The van der Waals surface area contributed by atoms with Crippen LogP contribution in [0.3, 0.4) is 0 Å². The van der Waals surface area contributed by atoms with Gasteiger partial charge >= 0.3 is 0 Å². The third kappa shape index (κ3) is 5.44. The fourth-order valence-corrected chi connectivity index (χ4v) is 2.53. The van der Waals surface area contributed by atoms with E-state index in [0.29, 0.717) is 17.0 Å². The molecule has 3 aromatic carbocycles. The van der Waals surface area contributed by atoms with E-state index in [1.165, 1.54) is 0 Å². The van der Waals surface area contributed by atoms with E-state index >= 15 is 0 Å². The number of aryl methyl sites for hydroxylation is 1. The molecule has 3 rings (SSSR count). The quantitative estimate of drug-likeness (QED) is 0.690. The number of nitrogens with one attached hydrogen (secondary N) is 2. The molecule has 0 aliphatic rings. The summed E-state index contributed by atoms with van der Waals surface area (Å²) in [5.41, 5.74) is 2.96. The standard InChI is InChI=1S/C22H20N2O3/c1-16-7-5-10-18(13-16)23-21(25)15-27-20-12-6-11-19(14-20)24-22(26)17-8-3-2-4-9-17/h2-14H,15H2,1H3,(H,23,25)(H,24,26). The zero-order chi connectivity index (χ0) is 19.1. The lowest BCUT2D eigenvalue weighted by Crippen LogP contribution is -2.20. The van der Waals surface area contributed by atoms with Crippen LogP contribution in [0.25, 0.3) is 0 Å². The van der Waals surface area contributed by atoms with Gasteiger partial charge in [0, 0.05) is 23.0 Å². The van der Waals surface area contributed by atoms with Crippen molar-refractivity contribution in [2.24, 2.45) is 0 Å². The highest BCUT2D eigenvalue weighted by Crippen LogP contribution is 2.18. The van der Waals surface area contributed by atoms with Crippen LogP contribution >= 0.6 is 0 Å². The molecular formula is C22H20N2O3. The first kappa shape index (κ1) is 18.2. The van der Waals surface area contributed by atoms with E-state index in [-0.39, 0.29) is 18.4 Å². The Morgan fingerprint density at radius 1 is 0.815 bits per heavy atom. The minimum atomic E-state index is -0.251. The van der Waals surface area contributed by atoms with E-state index in [4.69, 9.17) is 4.74 Å². The summed E-state index contributed by atoms with van der Waals surface area (Å²) in [7, 11) is 0. The van der Waals surface area contributed by atoms with Gasteiger partial charge in [-0.3, -0.25) is 9.59 Å². The van der Waals surface area contributed by atoms with E-state index in [2.05, 4.69) is 10.6 Å². The number of amides is 2. The zero-order valence-electron chi connectivity index (χ0n) is 14.9. The molecule has 136 valence electrons. The van der Waals surface area contributed by atoms with Gasteiger partial charge in [-0.25, -0.2) is 0 Å². The first-order valence-corrected chi connectivity index (χ1v) is 8.56. The van der Waals surface area contributed by atoms with E-state index in [9.17, 15) is 9.59 Å². The molecule has 0 saturated heterocycles. The topological polar surface area (TPSA) is 67.4 Å². The van der Waals surface area contributed by atoms with E-state index in [1.807, 2.05) is 37.3 Å². The van der Waals surface area contributed by atoms with Gasteiger partial charge in [-0.05, 0) is 48.9 Å². The number of carbonyl (C=O) groups is 2. The maximum Gasteiger partial charge on any atom is 0.262 e. The van der Waals surface area contributed by atoms with Gasteiger partial charge in [0.25, 0.3) is 11.8 Å². The molecular weight excluding hydrogens is 340 g/mol. The summed E-state index contributed by atoms with van der Waals surface area (Å²) in [6, 6.07) is 23.4. The number of carbonyl (C=O) groups excluding carboxylic acids is 2. The van der Waals surface area contributed by atoms with Gasteiger partial charge in [-0.2, -0.15) is 0 Å². The molecule has 0 saturated carbocycles. The Bertz CT molecular complexity index is 939. The lowest BCUT2D eigenvalue weighted by molar-refractivity contribution is -0.118. The van der Waals surface area contributed by atoms with Crippen LogP contribution in [-0.2, 0) is 4.79 Å². The smallest absolute Gasteiger partial charge is 0.262 e. The fraction of sp³-hybridized carbons (Fsp3) is 0.0909. The van der Waals surface area contributed by atoms with Gasteiger partial charge in [-0.15, -0.1) is 0 Å². The summed E-state index contributed by atoms with van der Waals surface area (Å²) in [5.74, 6) is 0.0459. The van der Waals surface area contributed by atoms with Crippen LogP contribution in [0.1, 0.15) is 15.9 Å². The molecule has 2 amide bonds. The highest BCUT2D eigenvalue weighted by Gasteiger charge is 2.07. The largest absolute Gasteiger partial charge is 0.484 e. The van der Waals surface area contributed by atoms with Crippen LogP contribution in [0.4, 0.5) is 11.4 Å². The minimum Gasteiger partial charge on any atom is -0.484 e. The predicted octanol–water partition coefficient (Wildman–Crippen LogP) is 4.26. The highest BCUT2D eigenvalue weighted by atomic mass is 16.5. The van der Waals surface area contributed by atoms with Crippen molar-refractivity contribution in [1.82, 2.24) is 0 Å². The minimum absolute atomic E-state index is 0.121. The van der Waals surface area contributed by atoms with Gasteiger partial charge in [0.15, 0.2) is 6.61 Å². The van der Waals surface area contributed by atoms with Crippen molar-refractivity contribution in [2.75, 3.05) is 17.2 Å². The summed E-state index contributed by atoms with van der Waals surface area (Å²) >= 11 is 0. The third-order valence-corrected chi connectivity index (χ3v) is 3.80. The second kappa shape index (κ2) is 8.67. The molecule has 0 aliphatic heterocycles. The summed E-state index contributed by atoms with van der Waals surface area (Å²) in [5, 5.41) is 5.60. The van der Waals surface area contributed by atoms with Crippen LogP contribution < -0.4 is 15.4 Å².